The second-order valence-corrected chi connectivity index (χ2v) is 4.99. The quantitative estimate of drug-likeness (QED) is 0.841. The maximum absolute atomic E-state index is 13.1. The van der Waals surface area contributed by atoms with Gasteiger partial charge in [0.05, 0.1) is 6.61 Å². The maximum Gasteiger partial charge on any atom is 0.326 e. The van der Waals surface area contributed by atoms with Gasteiger partial charge in [-0.25, -0.2) is 4.39 Å². The van der Waals surface area contributed by atoms with Gasteiger partial charge in [0.15, 0.2) is 0 Å². The van der Waals surface area contributed by atoms with Crippen LogP contribution >= 0.6 is 0 Å². The molecule has 5 heteroatoms. The molecule has 0 saturated heterocycles. The minimum Gasteiger partial charge on any atom is -0.490 e. The van der Waals surface area contributed by atoms with E-state index in [1.807, 2.05) is 0 Å². The number of carbonyl (C=O) groups is 1. The zero-order chi connectivity index (χ0) is 14.6. The van der Waals surface area contributed by atoms with Crippen LogP contribution in [-0.4, -0.2) is 31.3 Å². The summed E-state index contributed by atoms with van der Waals surface area (Å²) in [6.45, 7) is 2.15. The average Bonchev–Trinajstić information content (AvgIpc) is 2.84. The summed E-state index contributed by atoms with van der Waals surface area (Å²) < 4.78 is 24.0. The fourth-order valence-electron chi connectivity index (χ4n) is 2.62. The van der Waals surface area contributed by atoms with Crippen molar-refractivity contribution < 1.29 is 18.7 Å². The number of carbonyl (C=O) groups excluding carboxylic acids is 1. The Kier molecular flexibility index (Phi) is 4.60. The lowest BCUT2D eigenvalue weighted by Gasteiger charge is -2.26. The lowest BCUT2D eigenvalue weighted by Crippen LogP contribution is -2.49. The first-order chi connectivity index (χ1) is 9.59. The van der Waals surface area contributed by atoms with Crippen LogP contribution in [0.4, 0.5) is 4.39 Å². The highest BCUT2D eigenvalue weighted by atomic mass is 19.1. The van der Waals surface area contributed by atoms with Gasteiger partial charge in [-0.05, 0) is 38.9 Å². The van der Waals surface area contributed by atoms with Gasteiger partial charge in [0, 0.05) is 12.5 Å². The molecule has 0 bridgehead atoms. The van der Waals surface area contributed by atoms with Crippen LogP contribution in [0.1, 0.15) is 26.2 Å². The van der Waals surface area contributed by atoms with Crippen LogP contribution in [0.2, 0.25) is 0 Å². The Labute approximate surface area is 118 Å². The Morgan fingerprint density at radius 2 is 2.35 bits per heavy atom. The molecule has 1 aliphatic rings. The van der Waals surface area contributed by atoms with Crippen molar-refractivity contribution in [1.82, 2.24) is 5.32 Å². The van der Waals surface area contributed by atoms with E-state index in [1.54, 1.807) is 26.1 Å². The molecule has 110 valence electrons. The second kappa shape index (κ2) is 6.22. The molecule has 1 saturated carbocycles. The Bertz CT molecular complexity index is 480. The van der Waals surface area contributed by atoms with Gasteiger partial charge in [-0.1, -0.05) is 6.07 Å². The summed E-state index contributed by atoms with van der Waals surface area (Å²) in [7, 11) is 1.75. The van der Waals surface area contributed by atoms with Gasteiger partial charge in [-0.2, -0.15) is 0 Å². The summed E-state index contributed by atoms with van der Waals surface area (Å²) in [5, 5.41) is 3.06. The Morgan fingerprint density at radius 3 is 3.00 bits per heavy atom. The summed E-state index contributed by atoms with van der Waals surface area (Å²) in [6.07, 6.45) is 1.80. The van der Waals surface area contributed by atoms with Crippen molar-refractivity contribution in [3.05, 3.63) is 30.1 Å². The maximum atomic E-state index is 13.1. The molecule has 2 unspecified atom stereocenters. The van der Waals surface area contributed by atoms with Gasteiger partial charge in [0.2, 0.25) is 0 Å². The number of hydrogen-bond donors (Lipinski definition) is 1. The van der Waals surface area contributed by atoms with Crippen LogP contribution in [0.25, 0.3) is 0 Å². The van der Waals surface area contributed by atoms with Crippen molar-refractivity contribution in [2.24, 2.45) is 0 Å². The van der Waals surface area contributed by atoms with E-state index in [9.17, 15) is 9.18 Å². The first kappa shape index (κ1) is 14.8. The number of likely N-dealkylation sites (N-methyl/N-ethyl adjacent to an activating group) is 1. The predicted molar refractivity (Wildman–Crippen MR) is 73.1 cm³/mol. The molecular formula is C15H20FNO3. The average molecular weight is 281 g/mol. The van der Waals surface area contributed by atoms with E-state index in [2.05, 4.69) is 5.32 Å². The van der Waals surface area contributed by atoms with Crippen molar-refractivity contribution >= 4 is 5.97 Å². The second-order valence-electron chi connectivity index (χ2n) is 4.99. The molecule has 0 heterocycles. The third-order valence-corrected chi connectivity index (χ3v) is 3.71. The summed E-state index contributed by atoms with van der Waals surface area (Å²) in [5.41, 5.74) is -0.687. The van der Waals surface area contributed by atoms with E-state index in [1.165, 1.54) is 12.1 Å². The van der Waals surface area contributed by atoms with Gasteiger partial charge >= 0.3 is 5.97 Å². The topological polar surface area (TPSA) is 47.6 Å². The number of halogens is 1. The lowest BCUT2D eigenvalue weighted by molar-refractivity contribution is -0.151. The van der Waals surface area contributed by atoms with Crippen LogP contribution in [0.5, 0.6) is 5.75 Å². The van der Waals surface area contributed by atoms with Crippen LogP contribution in [-0.2, 0) is 9.53 Å². The molecule has 2 rings (SSSR count). The van der Waals surface area contributed by atoms with Gasteiger partial charge in [-0.15, -0.1) is 0 Å². The molecule has 2 atom stereocenters. The SMILES string of the molecule is CCOC(=O)C1(NC)CCC(Oc2cccc(F)c2)C1. The van der Waals surface area contributed by atoms with E-state index in [-0.39, 0.29) is 17.9 Å². The highest BCUT2D eigenvalue weighted by Gasteiger charge is 2.46. The molecule has 1 N–H and O–H groups in total. The Morgan fingerprint density at radius 1 is 1.55 bits per heavy atom. The van der Waals surface area contributed by atoms with Crippen LogP contribution in [0.3, 0.4) is 0 Å². The predicted octanol–water partition coefficient (Wildman–Crippen LogP) is 2.28. The van der Waals surface area contributed by atoms with E-state index in [0.29, 0.717) is 25.2 Å². The molecule has 0 radical (unpaired) electrons. The number of benzene rings is 1. The van der Waals surface area contributed by atoms with Gasteiger partial charge < -0.3 is 14.8 Å². The zero-order valence-corrected chi connectivity index (χ0v) is 11.8. The molecular weight excluding hydrogens is 261 g/mol. The first-order valence-electron chi connectivity index (χ1n) is 6.88. The summed E-state index contributed by atoms with van der Waals surface area (Å²) in [5.74, 6) is -0.0793. The van der Waals surface area contributed by atoms with Crippen molar-refractivity contribution in [2.45, 2.75) is 37.8 Å². The standard InChI is InChI=1S/C15H20FNO3/c1-3-19-14(18)15(17-2)8-7-13(10-15)20-12-6-4-5-11(16)9-12/h4-6,9,13,17H,3,7-8,10H2,1-2H3. The third-order valence-electron chi connectivity index (χ3n) is 3.71. The van der Waals surface area contributed by atoms with Crippen molar-refractivity contribution in [3.63, 3.8) is 0 Å². The van der Waals surface area contributed by atoms with E-state index in [0.717, 1.165) is 6.42 Å². The fourth-order valence-corrected chi connectivity index (χ4v) is 2.62. The van der Waals surface area contributed by atoms with E-state index in [4.69, 9.17) is 9.47 Å². The zero-order valence-electron chi connectivity index (χ0n) is 11.8. The normalized spacial score (nSPS) is 25.4. The minimum absolute atomic E-state index is 0.117. The summed E-state index contributed by atoms with van der Waals surface area (Å²) in [6, 6.07) is 6.05. The lowest BCUT2D eigenvalue weighted by atomic mass is 9.98. The Balaban J connectivity index is 2.02. The molecule has 0 amide bonds. The molecule has 4 nitrogen and oxygen atoms in total. The molecule has 1 aromatic carbocycles. The molecule has 1 aromatic rings. The fraction of sp³-hybridized carbons (Fsp3) is 0.533. The number of hydrogen-bond acceptors (Lipinski definition) is 4. The molecule has 0 aliphatic heterocycles. The van der Waals surface area contributed by atoms with Crippen molar-refractivity contribution in [2.75, 3.05) is 13.7 Å². The molecule has 0 aromatic heterocycles. The number of ether oxygens (including phenoxy) is 2. The van der Waals surface area contributed by atoms with Crippen LogP contribution in [0.15, 0.2) is 24.3 Å². The number of nitrogens with one attached hydrogen (secondary N) is 1. The van der Waals surface area contributed by atoms with Crippen molar-refractivity contribution in [3.8, 4) is 5.75 Å². The van der Waals surface area contributed by atoms with Gasteiger partial charge in [-0.3, -0.25) is 4.79 Å². The molecule has 1 aliphatic carbocycles. The highest BCUT2D eigenvalue weighted by molar-refractivity contribution is 5.81. The monoisotopic (exact) mass is 281 g/mol. The summed E-state index contributed by atoms with van der Waals surface area (Å²) in [4.78, 5) is 12.1. The Hall–Kier alpha value is -1.62. The smallest absolute Gasteiger partial charge is 0.326 e. The third kappa shape index (κ3) is 3.10. The van der Waals surface area contributed by atoms with Gasteiger partial charge in [0.1, 0.15) is 23.2 Å². The molecule has 20 heavy (non-hydrogen) atoms. The van der Waals surface area contributed by atoms with E-state index < -0.39 is 5.54 Å². The first-order valence-corrected chi connectivity index (χ1v) is 6.88. The number of esters is 1. The molecule has 0 spiro atoms. The van der Waals surface area contributed by atoms with Crippen molar-refractivity contribution in [1.29, 1.82) is 0 Å². The van der Waals surface area contributed by atoms with Crippen LogP contribution in [0, 0.1) is 5.82 Å². The number of rotatable bonds is 5. The molecule has 1 fully saturated rings. The largest absolute Gasteiger partial charge is 0.490 e. The minimum atomic E-state index is -0.687. The highest BCUT2D eigenvalue weighted by Crippen LogP contribution is 2.33. The van der Waals surface area contributed by atoms with Gasteiger partial charge in [0.25, 0.3) is 0 Å². The summed E-state index contributed by atoms with van der Waals surface area (Å²) >= 11 is 0. The van der Waals surface area contributed by atoms with E-state index >= 15 is 0 Å². The van der Waals surface area contributed by atoms with Crippen LogP contribution < -0.4 is 10.1 Å².